The van der Waals surface area contributed by atoms with Crippen molar-refractivity contribution in [1.29, 1.82) is 0 Å². The van der Waals surface area contributed by atoms with Crippen LogP contribution in [0.2, 0.25) is 0 Å². The zero-order valence-electron chi connectivity index (χ0n) is 15.1. The maximum absolute atomic E-state index is 12.8. The summed E-state index contributed by atoms with van der Waals surface area (Å²) in [6.45, 7) is 5.34. The number of likely N-dealkylation sites (tertiary alicyclic amines) is 1. The highest BCUT2D eigenvalue weighted by Gasteiger charge is 2.32. The van der Waals surface area contributed by atoms with Crippen molar-refractivity contribution in [3.05, 3.63) is 35.9 Å². The molecule has 0 aliphatic carbocycles. The Hall–Kier alpha value is -2.28. The molecule has 7 nitrogen and oxygen atoms in total. The summed E-state index contributed by atoms with van der Waals surface area (Å²) in [5.41, 5.74) is 0. The van der Waals surface area contributed by atoms with E-state index in [-0.39, 0.29) is 18.1 Å². The fourth-order valence-electron chi connectivity index (χ4n) is 3.22. The van der Waals surface area contributed by atoms with E-state index in [4.69, 9.17) is 9.15 Å². The van der Waals surface area contributed by atoms with Crippen LogP contribution in [0.5, 0.6) is 0 Å². The van der Waals surface area contributed by atoms with Crippen LogP contribution in [-0.4, -0.2) is 34.4 Å². The highest BCUT2D eigenvalue weighted by atomic mass is 16.5. The quantitative estimate of drug-likeness (QED) is 0.859. The molecule has 0 spiro atoms. The number of furan rings is 1. The molecule has 1 aliphatic heterocycles. The molecule has 2 atom stereocenters. The van der Waals surface area contributed by atoms with Gasteiger partial charge < -0.3 is 14.1 Å². The van der Waals surface area contributed by atoms with Crippen molar-refractivity contribution in [3.63, 3.8) is 0 Å². The van der Waals surface area contributed by atoms with E-state index >= 15 is 0 Å². The molecule has 25 heavy (non-hydrogen) atoms. The van der Waals surface area contributed by atoms with Gasteiger partial charge in [0.1, 0.15) is 23.9 Å². The van der Waals surface area contributed by atoms with E-state index in [1.165, 1.54) is 0 Å². The zero-order chi connectivity index (χ0) is 17.8. The molecule has 1 saturated heterocycles. The fourth-order valence-corrected chi connectivity index (χ4v) is 3.22. The van der Waals surface area contributed by atoms with E-state index in [0.29, 0.717) is 13.2 Å². The Morgan fingerprint density at radius 1 is 1.48 bits per heavy atom. The number of aromatic nitrogens is 2. The first-order chi connectivity index (χ1) is 12.1. The van der Waals surface area contributed by atoms with E-state index in [0.717, 1.165) is 36.6 Å². The summed E-state index contributed by atoms with van der Waals surface area (Å²) in [5, 5.41) is 7.32. The Balaban J connectivity index is 1.71. The lowest BCUT2D eigenvalue weighted by Gasteiger charge is -2.24. The van der Waals surface area contributed by atoms with Gasteiger partial charge in [0.2, 0.25) is 0 Å². The Morgan fingerprint density at radius 2 is 2.32 bits per heavy atom. The van der Waals surface area contributed by atoms with Crippen molar-refractivity contribution in [1.82, 2.24) is 14.7 Å². The summed E-state index contributed by atoms with van der Waals surface area (Å²) < 4.78 is 12.8. The molecule has 2 aromatic rings. The lowest BCUT2D eigenvalue weighted by molar-refractivity contribution is 0.157. The Bertz CT molecular complexity index is 709. The number of carbonyl (C=O) groups excluding carboxylic acids is 1. The molecule has 3 rings (SSSR count). The maximum Gasteiger partial charge on any atom is 0.323 e. The van der Waals surface area contributed by atoms with Crippen LogP contribution in [0.3, 0.4) is 0 Å². The Morgan fingerprint density at radius 3 is 3.08 bits per heavy atom. The molecular formula is C18H26N4O3. The number of nitrogens with zero attached hydrogens (tertiary/aromatic N) is 3. The molecule has 2 aromatic heterocycles. The number of rotatable bonds is 6. The largest absolute Gasteiger partial charge is 0.461 e. The number of hydrogen-bond acceptors (Lipinski definition) is 4. The number of anilines is 1. The number of methoxy groups -OCH3 is 1. The number of carbonyl (C=O) groups is 1. The number of ether oxygens (including phenoxy) is 1. The van der Waals surface area contributed by atoms with Crippen LogP contribution in [0.4, 0.5) is 10.6 Å². The molecule has 136 valence electrons. The van der Waals surface area contributed by atoms with E-state index in [9.17, 15) is 4.79 Å². The molecule has 0 saturated carbocycles. The minimum Gasteiger partial charge on any atom is -0.461 e. The van der Waals surface area contributed by atoms with Crippen LogP contribution in [0.15, 0.2) is 28.8 Å². The smallest absolute Gasteiger partial charge is 0.323 e. The van der Waals surface area contributed by atoms with Gasteiger partial charge in [-0.25, -0.2) is 9.48 Å². The van der Waals surface area contributed by atoms with Gasteiger partial charge in [0, 0.05) is 19.7 Å². The molecule has 7 heteroatoms. The number of hydrogen-bond donors (Lipinski definition) is 1. The van der Waals surface area contributed by atoms with E-state index < -0.39 is 0 Å². The first-order valence-corrected chi connectivity index (χ1v) is 8.82. The van der Waals surface area contributed by atoms with Gasteiger partial charge >= 0.3 is 6.03 Å². The van der Waals surface area contributed by atoms with Crippen LogP contribution in [-0.2, 0) is 11.3 Å². The molecule has 1 aliphatic rings. The molecule has 1 fully saturated rings. The number of urea groups is 1. The van der Waals surface area contributed by atoms with Crippen molar-refractivity contribution in [3.8, 4) is 0 Å². The summed E-state index contributed by atoms with van der Waals surface area (Å²) >= 11 is 0. The average molecular weight is 346 g/mol. The molecular weight excluding hydrogens is 320 g/mol. The van der Waals surface area contributed by atoms with Crippen LogP contribution in [0, 0.1) is 0 Å². The van der Waals surface area contributed by atoms with Gasteiger partial charge in [0.25, 0.3) is 0 Å². The molecule has 0 radical (unpaired) electrons. The van der Waals surface area contributed by atoms with Crippen LogP contribution >= 0.6 is 0 Å². The van der Waals surface area contributed by atoms with Gasteiger partial charge in [0.15, 0.2) is 0 Å². The topological polar surface area (TPSA) is 72.5 Å². The van der Waals surface area contributed by atoms with Crippen molar-refractivity contribution in [2.75, 3.05) is 19.0 Å². The summed E-state index contributed by atoms with van der Waals surface area (Å²) in [4.78, 5) is 14.6. The zero-order valence-corrected chi connectivity index (χ0v) is 15.1. The normalized spacial score (nSPS) is 18.5. The van der Waals surface area contributed by atoms with Crippen LogP contribution in [0.25, 0.3) is 0 Å². The van der Waals surface area contributed by atoms with E-state index in [1.807, 2.05) is 27.8 Å². The molecule has 0 unspecified atom stereocenters. The average Bonchev–Trinajstić information content (AvgIpc) is 3.34. The second-order valence-corrected chi connectivity index (χ2v) is 6.44. The SMILES string of the molecule is CC[C@H](C)n1nccc1NC(=O)N1CCC[C@H]1c1ccc(COC)o1. The Labute approximate surface area is 147 Å². The molecule has 0 aromatic carbocycles. The molecule has 1 N–H and O–H groups in total. The third-order valence-corrected chi connectivity index (χ3v) is 4.72. The van der Waals surface area contributed by atoms with Crippen LogP contribution in [0.1, 0.15) is 56.7 Å². The van der Waals surface area contributed by atoms with E-state index in [2.05, 4.69) is 24.3 Å². The molecule has 2 amide bonds. The second-order valence-electron chi connectivity index (χ2n) is 6.44. The predicted octanol–water partition coefficient (Wildman–Crippen LogP) is 3.96. The van der Waals surface area contributed by atoms with Crippen molar-refractivity contribution in [2.45, 2.75) is 51.8 Å². The van der Waals surface area contributed by atoms with Crippen molar-refractivity contribution < 1.29 is 13.9 Å². The van der Waals surface area contributed by atoms with Gasteiger partial charge in [-0.15, -0.1) is 0 Å². The summed E-state index contributed by atoms with van der Waals surface area (Å²) in [7, 11) is 1.64. The lowest BCUT2D eigenvalue weighted by Crippen LogP contribution is -2.35. The summed E-state index contributed by atoms with van der Waals surface area (Å²) in [5.74, 6) is 2.32. The standard InChI is InChI=1S/C18H26N4O3/c1-4-13(2)22-17(9-10-19-22)20-18(23)21-11-5-6-15(21)16-8-7-14(25-16)12-24-3/h7-10,13,15H,4-6,11-12H2,1-3H3,(H,20,23)/t13-,15-/m0/s1. The van der Waals surface area contributed by atoms with E-state index in [1.54, 1.807) is 13.3 Å². The maximum atomic E-state index is 12.8. The van der Waals surface area contributed by atoms with Gasteiger partial charge in [-0.1, -0.05) is 6.92 Å². The first kappa shape index (κ1) is 17.5. The summed E-state index contributed by atoms with van der Waals surface area (Å²) in [6.07, 6.45) is 4.53. The van der Waals surface area contributed by atoms with Crippen molar-refractivity contribution >= 4 is 11.8 Å². The highest BCUT2D eigenvalue weighted by Crippen LogP contribution is 2.33. The Kier molecular flexibility index (Phi) is 5.43. The van der Waals surface area contributed by atoms with Crippen molar-refractivity contribution in [2.24, 2.45) is 0 Å². The molecule has 0 bridgehead atoms. The van der Waals surface area contributed by atoms with Gasteiger partial charge in [-0.05, 0) is 38.3 Å². The summed E-state index contributed by atoms with van der Waals surface area (Å²) in [6, 6.07) is 5.77. The first-order valence-electron chi connectivity index (χ1n) is 8.82. The lowest BCUT2D eigenvalue weighted by atomic mass is 10.2. The number of nitrogens with one attached hydrogen (secondary N) is 1. The third kappa shape index (κ3) is 3.71. The number of amides is 2. The van der Waals surface area contributed by atoms with Gasteiger partial charge in [-0.3, -0.25) is 5.32 Å². The third-order valence-electron chi connectivity index (χ3n) is 4.72. The predicted molar refractivity (Wildman–Crippen MR) is 94.3 cm³/mol. The monoisotopic (exact) mass is 346 g/mol. The molecule has 3 heterocycles. The van der Waals surface area contributed by atoms with Gasteiger partial charge in [0.05, 0.1) is 18.3 Å². The minimum absolute atomic E-state index is 0.0365. The minimum atomic E-state index is -0.114. The van der Waals surface area contributed by atoms with Gasteiger partial charge in [-0.2, -0.15) is 5.10 Å². The fraction of sp³-hybridized carbons (Fsp3) is 0.556. The van der Waals surface area contributed by atoms with Crippen LogP contribution < -0.4 is 5.32 Å². The highest BCUT2D eigenvalue weighted by molar-refractivity contribution is 5.88. The second kappa shape index (κ2) is 7.74.